The number of nitrogens with one attached hydrogen (secondary N) is 2. The molecular weight excluding hydrogens is 569 g/mol. The van der Waals surface area contributed by atoms with E-state index in [-0.39, 0.29) is 18.3 Å². The van der Waals surface area contributed by atoms with Crippen LogP contribution in [0.5, 0.6) is 5.75 Å². The van der Waals surface area contributed by atoms with Crippen molar-refractivity contribution in [2.75, 3.05) is 11.9 Å². The van der Waals surface area contributed by atoms with Crippen LogP contribution in [-0.2, 0) is 17.9 Å². The smallest absolute Gasteiger partial charge is 0.217 e. The first kappa shape index (κ1) is 30.0. The molecule has 0 saturated heterocycles. The molecule has 3 aromatic carbocycles. The lowest BCUT2D eigenvalue weighted by Crippen LogP contribution is -2.14. The highest BCUT2D eigenvalue weighted by Crippen LogP contribution is 2.33. The van der Waals surface area contributed by atoms with E-state index in [2.05, 4.69) is 20.6 Å². The van der Waals surface area contributed by atoms with Crippen LogP contribution < -0.4 is 21.1 Å². The number of primary amides is 1. The van der Waals surface area contributed by atoms with Crippen LogP contribution in [-0.4, -0.2) is 22.4 Å². The molecule has 0 bridgehead atoms. The number of unbranched alkanes of at least 4 members (excludes halogenated alkanes) is 3. The first-order valence-electron chi connectivity index (χ1n) is 14.2. The summed E-state index contributed by atoms with van der Waals surface area (Å²) in [6, 6.07) is 21.5. The maximum Gasteiger partial charge on any atom is 0.217 e. The summed E-state index contributed by atoms with van der Waals surface area (Å²) >= 11 is 6.50. The van der Waals surface area contributed by atoms with E-state index in [1.54, 1.807) is 24.3 Å². The van der Waals surface area contributed by atoms with Crippen LogP contribution in [0.1, 0.15) is 43.4 Å². The Bertz CT molecular complexity index is 1690. The van der Waals surface area contributed by atoms with E-state index >= 15 is 0 Å². The third-order valence-electron chi connectivity index (χ3n) is 6.89. The van der Waals surface area contributed by atoms with E-state index in [0.29, 0.717) is 35.1 Å². The van der Waals surface area contributed by atoms with Gasteiger partial charge in [-0.15, -0.1) is 0 Å². The molecule has 0 aliphatic heterocycles. The Balaban J connectivity index is 1.20. The zero-order valence-corrected chi connectivity index (χ0v) is 24.4. The van der Waals surface area contributed by atoms with Crippen molar-refractivity contribution in [2.24, 2.45) is 5.73 Å². The molecule has 5 rings (SSSR count). The van der Waals surface area contributed by atoms with Crippen molar-refractivity contribution in [2.45, 2.75) is 45.3 Å². The Morgan fingerprint density at radius 1 is 0.977 bits per heavy atom. The number of hydrogen-bond donors (Lipinski definition) is 3. The van der Waals surface area contributed by atoms with Crippen molar-refractivity contribution in [1.29, 1.82) is 0 Å². The quantitative estimate of drug-likeness (QED) is 0.106. The van der Waals surface area contributed by atoms with Crippen LogP contribution in [0, 0.1) is 5.82 Å². The second-order valence-electron chi connectivity index (χ2n) is 10.2. The van der Waals surface area contributed by atoms with Gasteiger partial charge in [0.05, 0.1) is 17.1 Å². The van der Waals surface area contributed by atoms with Gasteiger partial charge in [-0.3, -0.25) is 4.79 Å². The van der Waals surface area contributed by atoms with E-state index in [9.17, 15) is 9.18 Å². The molecule has 222 valence electrons. The average molecular weight is 602 g/mol. The zero-order valence-electron chi connectivity index (χ0n) is 23.6. The van der Waals surface area contributed by atoms with E-state index in [4.69, 9.17) is 26.5 Å². The third kappa shape index (κ3) is 8.53. The van der Waals surface area contributed by atoms with Gasteiger partial charge in [0.15, 0.2) is 0 Å². The summed E-state index contributed by atoms with van der Waals surface area (Å²) in [5.41, 5.74) is 8.31. The van der Waals surface area contributed by atoms with E-state index < -0.39 is 0 Å². The average Bonchev–Trinajstić information content (AvgIpc) is 3.47. The molecular formula is C33H33ClFN5O3. The van der Waals surface area contributed by atoms with E-state index in [1.807, 2.05) is 36.4 Å². The molecule has 2 aromatic heterocycles. The highest BCUT2D eigenvalue weighted by atomic mass is 35.5. The first-order chi connectivity index (χ1) is 20.9. The largest absolute Gasteiger partial charge is 0.487 e. The number of carbonyl (C=O) groups excluding carboxylic acids is 1. The van der Waals surface area contributed by atoms with Crippen LogP contribution in [0.15, 0.2) is 83.5 Å². The van der Waals surface area contributed by atoms with Crippen molar-refractivity contribution >= 4 is 39.9 Å². The fourth-order valence-corrected chi connectivity index (χ4v) is 4.91. The van der Waals surface area contributed by atoms with Gasteiger partial charge in [0.25, 0.3) is 0 Å². The molecule has 43 heavy (non-hydrogen) atoms. The highest BCUT2D eigenvalue weighted by molar-refractivity contribution is 6.32. The summed E-state index contributed by atoms with van der Waals surface area (Å²) in [7, 11) is 0. The van der Waals surface area contributed by atoms with Gasteiger partial charge in [0, 0.05) is 23.1 Å². The van der Waals surface area contributed by atoms with E-state index in [1.165, 1.54) is 18.5 Å². The summed E-state index contributed by atoms with van der Waals surface area (Å²) in [4.78, 5) is 19.7. The fourth-order valence-electron chi connectivity index (χ4n) is 4.67. The fraction of sp³-hybridized carbons (Fsp3) is 0.242. The molecule has 0 aliphatic rings. The van der Waals surface area contributed by atoms with Gasteiger partial charge in [0.1, 0.15) is 41.8 Å². The number of carbonyl (C=O) groups is 1. The number of rotatable bonds is 15. The van der Waals surface area contributed by atoms with Gasteiger partial charge in [-0.05, 0) is 85.6 Å². The van der Waals surface area contributed by atoms with Crippen molar-refractivity contribution < 1.29 is 18.3 Å². The second-order valence-corrected chi connectivity index (χ2v) is 10.6. The van der Waals surface area contributed by atoms with Crippen LogP contribution >= 0.6 is 11.6 Å². The van der Waals surface area contributed by atoms with Crippen molar-refractivity contribution in [3.8, 4) is 17.1 Å². The number of halogens is 2. The topological polar surface area (TPSA) is 115 Å². The Labute approximate surface area is 254 Å². The monoisotopic (exact) mass is 601 g/mol. The SMILES string of the molecule is NC(=O)CCCCCCNCc1ccc(-c2ccc3ncnc(Nc4ccc(OCc5cccc(F)c5)c(Cl)c4)c3c2)o1. The summed E-state index contributed by atoms with van der Waals surface area (Å²) in [6.07, 6.45) is 5.90. The second kappa shape index (κ2) is 14.6. The lowest BCUT2D eigenvalue weighted by atomic mass is 10.1. The molecule has 0 radical (unpaired) electrons. The lowest BCUT2D eigenvalue weighted by Gasteiger charge is -2.12. The Hall–Kier alpha value is -4.47. The molecule has 2 heterocycles. The number of hydrogen-bond acceptors (Lipinski definition) is 7. The molecule has 0 saturated carbocycles. The number of furan rings is 1. The van der Waals surface area contributed by atoms with Gasteiger partial charge in [-0.25, -0.2) is 14.4 Å². The summed E-state index contributed by atoms with van der Waals surface area (Å²) < 4.78 is 25.4. The minimum absolute atomic E-state index is 0.202. The zero-order chi connectivity index (χ0) is 30.0. The molecule has 10 heteroatoms. The molecule has 0 aliphatic carbocycles. The minimum Gasteiger partial charge on any atom is -0.487 e. The van der Waals surface area contributed by atoms with E-state index in [0.717, 1.165) is 65.9 Å². The number of nitrogens with zero attached hydrogens (tertiary/aromatic N) is 2. The Kier molecular flexibility index (Phi) is 10.2. The number of benzene rings is 3. The predicted octanol–water partition coefficient (Wildman–Crippen LogP) is 7.53. The molecule has 8 nitrogen and oxygen atoms in total. The van der Waals surface area contributed by atoms with Crippen LogP contribution in [0.2, 0.25) is 5.02 Å². The van der Waals surface area contributed by atoms with Crippen LogP contribution in [0.3, 0.4) is 0 Å². The summed E-state index contributed by atoms with van der Waals surface area (Å²) in [5.74, 6) is 2.17. The lowest BCUT2D eigenvalue weighted by molar-refractivity contribution is -0.118. The number of nitrogens with two attached hydrogens (primary N) is 1. The predicted molar refractivity (Wildman–Crippen MR) is 167 cm³/mol. The number of anilines is 2. The summed E-state index contributed by atoms with van der Waals surface area (Å²) in [5, 5.41) is 7.99. The Morgan fingerprint density at radius 2 is 1.86 bits per heavy atom. The normalized spacial score (nSPS) is 11.1. The van der Waals surface area contributed by atoms with Crippen molar-refractivity contribution in [3.05, 3.63) is 101 Å². The number of aromatic nitrogens is 2. The van der Waals surface area contributed by atoms with Crippen molar-refractivity contribution in [3.63, 3.8) is 0 Å². The highest BCUT2D eigenvalue weighted by Gasteiger charge is 2.11. The molecule has 1 amide bonds. The third-order valence-corrected chi connectivity index (χ3v) is 7.18. The number of ether oxygens (including phenoxy) is 1. The van der Waals surface area contributed by atoms with Gasteiger partial charge in [-0.1, -0.05) is 36.6 Å². The van der Waals surface area contributed by atoms with Crippen LogP contribution in [0.4, 0.5) is 15.9 Å². The summed E-state index contributed by atoms with van der Waals surface area (Å²) in [6.45, 7) is 1.71. The number of fused-ring (bicyclic) bond motifs is 1. The molecule has 0 atom stereocenters. The maximum absolute atomic E-state index is 13.5. The minimum atomic E-state index is -0.311. The molecule has 0 spiro atoms. The number of amides is 1. The maximum atomic E-state index is 13.5. The Morgan fingerprint density at radius 3 is 2.70 bits per heavy atom. The van der Waals surface area contributed by atoms with Crippen LogP contribution in [0.25, 0.3) is 22.2 Å². The standard InChI is InChI=1S/C33H33ClFN5O3/c34-28-18-25(10-13-31(28)42-20-22-6-5-7-24(35)16-22)40-33-27-17-23(9-12-29(27)38-21-39-33)30-14-11-26(43-30)19-37-15-4-2-1-3-8-32(36)41/h5-7,9-14,16-18,21,37H,1-4,8,15,19-20H2,(H2,36,41)(H,38,39,40). The van der Waals surface area contributed by atoms with Gasteiger partial charge in [-0.2, -0.15) is 0 Å². The molecule has 0 fully saturated rings. The van der Waals surface area contributed by atoms with Gasteiger partial charge in [0.2, 0.25) is 5.91 Å². The van der Waals surface area contributed by atoms with Gasteiger partial charge >= 0.3 is 0 Å². The first-order valence-corrected chi connectivity index (χ1v) is 14.6. The van der Waals surface area contributed by atoms with Crippen molar-refractivity contribution in [1.82, 2.24) is 15.3 Å². The molecule has 4 N–H and O–H groups in total. The molecule has 5 aromatic rings. The molecule has 0 unspecified atom stereocenters. The van der Waals surface area contributed by atoms with Gasteiger partial charge < -0.3 is 25.5 Å².